The second kappa shape index (κ2) is 12.9. The van der Waals surface area contributed by atoms with E-state index in [2.05, 4.69) is 20.8 Å². The van der Waals surface area contributed by atoms with Crippen molar-refractivity contribution in [1.29, 1.82) is 0 Å². The van der Waals surface area contributed by atoms with Gasteiger partial charge in [0.15, 0.2) is 5.78 Å². The number of benzene rings is 2. The molecule has 2 aromatic carbocycles. The van der Waals surface area contributed by atoms with Crippen molar-refractivity contribution in [3.8, 4) is 0 Å². The molecule has 1 amide bonds. The number of carbonyl (C=O) groups is 3. The van der Waals surface area contributed by atoms with Gasteiger partial charge in [0.25, 0.3) is 5.24 Å². The highest BCUT2D eigenvalue weighted by Gasteiger charge is 2.26. The maximum absolute atomic E-state index is 12.9. The minimum absolute atomic E-state index is 0.239. The molecule has 2 N–H and O–H groups in total. The van der Waals surface area contributed by atoms with Gasteiger partial charge in [-0.3, -0.25) is 14.4 Å². The molecule has 0 spiro atoms. The molecule has 0 aliphatic heterocycles. The summed E-state index contributed by atoms with van der Waals surface area (Å²) in [6, 6.07) is 11.9. The summed E-state index contributed by atoms with van der Waals surface area (Å²) in [6.45, 7) is 1.51. The molecule has 1 heterocycles. The largest absolute Gasteiger partial charge is 0.481 e. The van der Waals surface area contributed by atoms with Gasteiger partial charge >= 0.3 is 5.97 Å². The lowest BCUT2D eigenvalue weighted by atomic mass is 10.1. The molecule has 1 aromatic heterocycles. The van der Waals surface area contributed by atoms with Gasteiger partial charge in [-0.15, -0.1) is 5.10 Å². The first-order valence-corrected chi connectivity index (χ1v) is 12.9. The number of amides is 1. The normalized spacial score (nSPS) is 11.7. The Morgan fingerprint density at radius 2 is 1.83 bits per heavy atom. The van der Waals surface area contributed by atoms with E-state index in [1.165, 1.54) is 4.68 Å². The second-order valence-electron chi connectivity index (χ2n) is 7.41. The first-order valence-electron chi connectivity index (χ1n) is 10.3. The third kappa shape index (κ3) is 8.24. The van der Waals surface area contributed by atoms with Crippen LogP contribution in [0.3, 0.4) is 0 Å². The number of nitrogens with one attached hydrogen (secondary N) is 1. The highest BCUT2D eigenvalue weighted by atomic mass is 35.5. The van der Waals surface area contributed by atoms with Crippen LogP contribution in [-0.4, -0.2) is 54.1 Å². The molecule has 0 saturated heterocycles. The molecule has 1 unspecified atom stereocenters. The lowest BCUT2D eigenvalue weighted by Gasteiger charge is -2.16. The third-order valence-electron chi connectivity index (χ3n) is 4.67. The highest BCUT2D eigenvalue weighted by molar-refractivity contribution is 8.13. The van der Waals surface area contributed by atoms with Crippen LogP contribution in [0, 0.1) is 6.92 Å². The molecule has 0 aliphatic carbocycles. The van der Waals surface area contributed by atoms with E-state index in [0.717, 1.165) is 34.7 Å². The maximum atomic E-state index is 12.9. The Morgan fingerprint density at radius 3 is 2.49 bits per heavy atom. The summed E-state index contributed by atoms with van der Waals surface area (Å²) >= 11 is 14.6. The zero-order valence-electron chi connectivity index (χ0n) is 18.5. The molecule has 0 bridgehead atoms. The standard InChI is InChI=1S/C22H21Cl2N5O4S2/c1-13-9-15(23)20(16(24)10-13)35-21-26-27-28-29(21)12-18(30)17(11-19(31)32)25-22(33)34-8-7-14-5-3-2-4-6-14/h2-6,9-10,17H,7-8,11-12H2,1H3,(H,25,33)(H,31,32). The van der Waals surface area contributed by atoms with Gasteiger partial charge in [-0.2, -0.15) is 0 Å². The van der Waals surface area contributed by atoms with E-state index in [-0.39, 0.29) is 11.7 Å². The van der Waals surface area contributed by atoms with Crippen molar-refractivity contribution in [2.24, 2.45) is 0 Å². The number of hydrogen-bond acceptors (Lipinski definition) is 8. The molecule has 13 heteroatoms. The maximum Gasteiger partial charge on any atom is 0.305 e. The summed E-state index contributed by atoms with van der Waals surface area (Å²) in [5, 5.41) is 23.6. The number of Topliss-reactive ketones (excluding diaryl/α,β-unsaturated/α-hetero) is 1. The van der Waals surface area contributed by atoms with Crippen molar-refractivity contribution in [1.82, 2.24) is 25.5 Å². The second-order valence-corrected chi connectivity index (χ2v) is 10.3. The molecular weight excluding hydrogens is 533 g/mol. The average Bonchev–Trinajstić information content (AvgIpc) is 3.22. The Kier molecular flexibility index (Phi) is 9.96. The molecule has 184 valence electrons. The zero-order valence-corrected chi connectivity index (χ0v) is 21.6. The van der Waals surface area contributed by atoms with Crippen molar-refractivity contribution in [3.63, 3.8) is 0 Å². The number of carboxylic acid groups (broad SMARTS) is 1. The smallest absolute Gasteiger partial charge is 0.305 e. The Labute approximate surface area is 219 Å². The average molecular weight is 554 g/mol. The van der Waals surface area contributed by atoms with Gasteiger partial charge in [0, 0.05) is 5.75 Å². The van der Waals surface area contributed by atoms with E-state index in [9.17, 15) is 19.5 Å². The van der Waals surface area contributed by atoms with E-state index < -0.39 is 29.5 Å². The van der Waals surface area contributed by atoms with Gasteiger partial charge in [0.2, 0.25) is 5.16 Å². The highest BCUT2D eigenvalue weighted by Crippen LogP contribution is 2.38. The molecule has 0 aliphatic rings. The predicted octanol–water partition coefficient (Wildman–Crippen LogP) is 4.54. The molecule has 0 radical (unpaired) electrons. The van der Waals surface area contributed by atoms with Gasteiger partial charge < -0.3 is 10.4 Å². The fourth-order valence-electron chi connectivity index (χ4n) is 3.01. The number of aliphatic carboxylic acids is 1. The lowest BCUT2D eigenvalue weighted by Crippen LogP contribution is -2.42. The van der Waals surface area contributed by atoms with E-state index in [4.69, 9.17) is 23.2 Å². The van der Waals surface area contributed by atoms with Crippen molar-refractivity contribution < 1.29 is 19.5 Å². The summed E-state index contributed by atoms with van der Waals surface area (Å²) in [5.74, 6) is -1.29. The molecule has 0 saturated carbocycles. The Balaban J connectivity index is 1.63. The first-order chi connectivity index (χ1) is 16.7. The Hall–Kier alpha value is -2.60. The molecule has 1 atom stereocenters. The topological polar surface area (TPSA) is 127 Å². The minimum atomic E-state index is -1.24. The van der Waals surface area contributed by atoms with Crippen LogP contribution in [0.2, 0.25) is 10.0 Å². The quantitative estimate of drug-likeness (QED) is 0.351. The van der Waals surface area contributed by atoms with Crippen LogP contribution in [0.4, 0.5) is 4.79 Å². The number of ketones is 1. The van der Waals surface area contributed by atoms with E-state index >= 15 is 0 Å². The number of hydrogen-bond donors (Lipinski definition) is 2. The number of thioether (sulfide) groups is 1. The van der Waals surface area contributed by atoms with Crippen LogP contribution in [0.15, 0.2) is 52.5 Å². The Morgan fingerprint density at radius 1 is 1.14 bits per heavy atom. The number of carboxylic acids is 1. The number of halogens is 2. The van der Waals surface area contributed by atoms with Gasteiger partial charge in [0.1, 0.15) is 12.6 Å². The van der Waals surface area contributed by atoms with Crippen LogP contribution in [0.5, 0.6) is 0 Å². The molecular formula is C22H21Cl2N5O4S2. The summed E-state index contributed by atoms with van der Waals surface area (Å²) in [6.07, 6.45) is 0.0931. The molecule has 3 aromatic rings. The van der Waals surface area contributed by atoms with Crippen LogP contribution in [0.25, 0.3) is 0 Å². The monoisotopic (exact) mass is 553 g/mol. The lowest BCUT2D eigenvalue weighted by molar-refractivity contribution is -0.139. The third-order valence-corrected chi connectivity index (χ3v) is 7.39. The van der Waals surface area contributed by atoms with Crippen molar-refractivity contribution >= 4 is 63.7 Å². The first kappa shape index (κ1) is 27.0. The molecule has 0 fully saturated rings. The van der Waals surface area contributed by atoms with Crippen molar-refractivity contribution in [2.75, 3.05) is 5.75 Å². The van der Waals surface area contributed by atoms with Crippen LogP contribution >= 0.6 is 46.7 Å². The van der Waals surface area contributed by atoms with Crippen LogP contribution in [-0.2, 0) is 22.6 Å². The number of aromatic nitrogens is 4. The fraction of sp³-hybridized carbons (Fsp3) is 0.273. The zero-order chi connectivity index (χ0) is 25.4. The fourth-order valence-corrected chi connectivity index (χ4v) is 5.37. The summed E-state index contributed by atoms with van der Waals surface area (Å²) in [5.41, 5.74) is 1.96. The number of nitrogens with zero attached hydrogens (tertiary/aromatic N) is 4. The number of rotatable bonds is 11. The molecule has 9 nitrogen and oxygen atoms in total. The van der Waals surface area contributed by atoms with Crippen LogP contribution < -0.4 is 5.32 Å². The van der Waals surface area contributed by atoms with E-state index in [0.29, 0.717) is 27.1 Å². The number of aryl methyl sites for hydroxylation is 2. The van der Waals surface area contributed by atoms with Crippen molar-refractivity contribution in [2.45, 2.75) is 42.4 Å². The minimum Gasteiger partial charge on any atom is -0.481 e. The van der Waals surface area contributed by atoms with Gasteiger partial charge in [-0.1, -0.05) is 65.3 Å². The van der Waals surface area contributed by atoms with Crippen molar-refractivity contribution in [3.05, 3.63) is 63.6 Å². The molecule has 3 rings (SSSR count). The predicted molar refractivity (Wildman–Crippen MR) is 135 cm³/mol. The van der Waals surface area contributed by atoms with Gasteiger partial charge in [0.05, 0.1) is 21.4 Å². The number of carbonyl (C=O) groups excluding carboxylic acids is 2. The summed E-state index contributed by atoms with van der Waals surface area (Å²) < 4.78 is 1.21. The summed E-state index contributed by atoms with van der Waals surface area (Å²) in [7, 11) is 0. The Bertz CT molecular complexity index is 1190. The van der Waals surface area contributed by atoms with E-state index in [1.54, 1.807) is 12.1 Å². The van der Waals surface area contributed by atoms with E-state index in [1.807, 2.05) is 37.3 Å². The molecule has 35 heavy (non-hydrogen) atoms. The van der Waals surface area contributed by atoms with Crippen LogP contribution in [0.1, 0.15) is 17.5 Å². The van der Waals surface area contributed by atoms with Gasteiger partial charge in [-0.05, 0) is 58.8 Å². The SMILES string of the molecule is Cc1cc(Cl)c(Sc2nnnn2CC(=O)C(CC(=O)O)NC(=O)SCCc2ccccc2)c(Cl)c1. The van der Waals surface area contributed by atoms with Gasteiger partial charge in [-0.25, -0.2) is 4.68 Å². The summed E-state index contributed by atoms with van der Waals surface area (Å²) in [4.78, 5) is 37.1. The number of tetrazole rings is 1.